The topological polar surface area (TPSA) is 55.6 Å². The molecule has 2 aromatic rings. The summed E-state index contributed by atoms with van der Waals surface area (Å²) in [4.78, 5) is 12.1. The first-order valence-corrected chi connectivity index (χ1v) is 8.76. The highest BCUT2D eigenvalue weighted by Crippen LogP contribution is 2.56. The van der Waals surface area contributed by atoms with Gasteiger partial charge in [0.25, 0.3) is 0 Å². The smallest absolute Gasteiger partial charge is 0.312 e. The molecule has 0 aliphatic heterocycles. The van der Waals surface area contributed by atoms with Gasteiger partial charge >= 0.3 is 6.08 Å². The summed E-state index contributed by atoms with van der Waals surface area (Å²) in [5, 5.41) is 3.40. The number of hydrogen-bond donors (Lipinski definition) is 1. The molecule has 0 unspecified atom stereocenters. The fourth-order valence-corrected chi connectivity index (χ4v) is 5.69. The third kappa shape index (κ3) is 2.14. The summed E-state index contributed by atoms with van der Waals surface area (Å²) >= 11 is 0. The third-order valence-electron chi connectivity index (χ3n) is 6.46. The molecule has 4 aliphatic carbocycles. The molecule has 6 heteroatoms. The second kappa shape index (κ2) is 4.89. The van der Waals surface area contributed by atoms with E-state index in [9.17, 15) is 4.39 Å². The van der Waals surface area contributed by atoms with E-state index in [1.54, 1.807) is 10.9 Å². The van der Waals surface area contributed by atoms with Crippen molar-refractivity contribution in [1.82, 2.24) is 19.5 Å². The summed E-state index contributed by atoms with van der Waals surface area (Å²) < 4.78 is 15.4. The zero-order chi connectivity index (χ0) is 15.6. The van der Waals surface area contributed by atoms with Gasteiger partial charge in [-0.25, -0.2) is 4.98 Å². The van der Waals surface area contributed by atoms with Crippen molar-refractivity contribution >= 4 is 17.0 Å². The Kier molecular flexibility index (Phi) is 2.91. The minimum Gasteiger partial charge on any atom is -0.368 e. The Bertz CT molecular complexity index is 727. The van der Waals surface area contributed by atoms with Crippen LogP contribution < -0.4 is 5.32 Å². The quantitative estimate of drug-likeness (QED) is 0.885. The first kappa shape index (κ1) is 13.7. The lowest BCUT2D eigenvalue weighted by molar-refractivity contribution is -0.0305. The van der Waals surface area contributed by atoms with Gasteiger partial charge in [-0.3, -0.25) is 0 Å². The Hall–Kier alpha value is -1.72. The molecular weight excluding hydrogens is 293 g/mol. The van der Waals surface area contributed by atoms with Crippen molar-refractivity contribution in [1.29, 1.82) is 0 Å². The van der Waals surface area contributed by atoms with Gasteiger partial charge in [0.05, 0.1) is 6.33 Å². The van der Waals surface area contributed by atoms with Crippen LogP contribution in [0.1, 0.15) is 32.1 Å². The molecule has 4 aliphatic rings. The van der Waals surface area contributed by atoms with Crippen molar-refractivity contribution in [2.45, 2.75) is 32.1 Å². The molecule has 0 radical (unpaired) electrons. The minimum atomic E-state index is -0.686. The number of rotatable bonds is 3. The Balaban J connectivity index is 1.39. The molecule has 6 rings (SSSR count). The zero-order valence-electron chi connectivity index (χ0n) is 13.4. The van der Waals surface area contributed by atoms with Crippen LogP contribution in [0, 0.1) is 35.7 Å². The summed E-state index contributed by atoms with van der Waals surface area (Å²) in [5.41, 5.74) is 1.21. The zero-order valence-corrected chi connectivity index (χ0v) is 13.4. The van der Waals surface area contributed by atoms with Crippen molar-refractivity contribution in [3.05, 3.63) is 12.4 Å². The molecular formula is C17H22FN5. The lowest BCUT2D eigenvalue weighted by atomic mass is 9.52. The van der Waals surface area contributed by atoms with Gasteiger partial charge in [-0.15, -0.1) is 0 Å². The highest BCUT2D eigenvalue weighted by atomic mass is 19.1. The minimum absolute atomic E-state index is 0.543. The van der Waals surface area contributed by atoms with Gasteiger partial charge in [0.1, 0.15) is 0 Å². The molecule has 5 nitrogen and oxygen atoms in total. The highest BCUT2D eigenvalue weighted by Gasteiger charge is 2.47. The van der Waals surface area contributed by atoms with Gasteiger partial charge in [-0.05, 0) is 61.7 Å². The molecule has 23 heavy (non-hydrogen) atoms. The molecule has 0 amide bonds. The second-order valence-electron chi connectivity index (χ2n) is 7.84. The summed E-state index contributed by atoms with van der Waals surface area (Å²) in [7, 11) is 1.82. The lowest BCUT2D eigenvalue weighted by Gasteiger charge is -2.54. The highest BCUT2D eigenvalue weighted by molar-refractivity contribution is 5.82. The maximum Gasteiger partial charge on any atom is 0.312 e. The SMILES string of the molecule is Cn1cnc2c(NCC3C4CC5CC(C4)CC3C5)nc(F)nc21. The van der Waals surface area contributed by atoms with E-state index in [-0.39, 0.29) is 0 Å². The van der Waals surface area contributed by atoms with Crippen molar-refractivity contribution in [3.8, 4) is 0 Å². The number of halogens is 1. The van der Waals surface area contributed by atoms with Crippen LogP contribution in [0.2, 0.25) is 0 Å². The number of imidazole rings is 1. The summed E-state index contributed by atoms with van der Waals surface area (Å²) in [6.07, 6.45) is 8.04. The van der Waals surface area contributed by atoms with Gasteiger partial charge in [-0.2, -0.15) is 14.4 Å². The van der Waals surface area contributed by atoms with Crippen molar-refractivity contribution in [2.75, 3.05) is 11.9 Å². The first-order chi connectivity index (χ1) is 11.2. The van der Waals surface area contributed by atoms with E-state index >= 15 is 0 Å². The predicted octanol–water partition coefficient (Wildman–Crippen LogP) is 2.99. The fourth-order valence-electron chi connectivity index (χ4n) is 5.69. The van der Waals surface area contributed by atoms with Gasteiger partial charge in [-0.1, -0.05) is 0 Å². The van der Waals surface area contributed by atoms with Crippen LogP contribution >= 0.6 is 0 Å². The van der Waals surface area contributed by atoms with Gasteiger partial charge in [0.2, 0.25) is 0 Å². The molecule has 2 aromatic heterocycles. The Morgan fingerprint density at radius 3 is 2.52 bits per heavy atom. The van der Waals surface area contributed by atoms with Crippen LogP contribution in [0.15, 0.2) is 6.33 Å². The predicted molar refractivity (Wildman–Crippen MR) is 85.3 cm³/mol. The van der Waals surface area contributed by atoms with Gasteiger partial charge in [0, 0.05) is 13.6 Å². The standard InChI is InChI=1S/C17H22FN5/c1-23-8-20-14-15(21-17(18)22-16(14)23)19-7-13-11-3-9-2-10(5-11)6-12(13)4-9/h8-13H,2-7H2,1H3,(H,19,21,22). The molecule has 0 aromatic carbocycles. The molecule has 1 N–H and O–H groups in total. The number of hydrogen-bond acceptors (Lipinski definition) is 4. The molecule has 0 atom stereocenters. The van der Waals surface area contributed by atoms with Crippen LogP contribution in [0.3, 0.4) is 0 Å². The summed E-state index contributed by atoms with van der Waals surface area (Å²) in [6.45, 7) is 0.886. The average molecular weight is 315 g/mol. The third-order valence-corrected chi connectivity index (χ3v) is 6.46. The summed E-state index contributed by atoms with van der Waals surface area (Å²) in [6, 6.07) is 0. The van der Waals surface area contributed by atoms with E-state index in [0.717, 1.165) is 30.2 Å². The Morgan fingerprint density at radius 2 is 1.83 bits per heavy atom. The molecule has 2 heterocycles. The number of aryl methyl sites for hydroxylation is 1. The molecule has 0 saturated heterocycles. The average Bonchev–Trinajstić information content (AvgIpc) is 2.87. The molecule has 122 valence electrons. The van der Waals surface area contributed by atoms with Gasteiger partial charge in [0.15, 0.2) is 17.0 Å². The van der Waals surface area contributed by atoms with E-state index in [1.165, 1.54) is 32.1 Å². The molecule has 4 bridgehead atoms. The largest absolute Gasteiger partial charge is 0.368 e. The number of nitrogens with zero attached hydrogens (tertiary/aromatic N) is 4. The van der Waals surface area contributed by atoms with Crippen LogP contribution in [0.4, 0.5) is 10.2 Å². The van der Waals surface area contributed by atoms with E-state index in [0.29, 0.717) is 22.9 Å². The number of nitrogens with one attached hydrogen (secondary N) is 1. The van der Waals surface area contributed by atoms with E-state index in [1.807, 2.05) is 7.05 Å². The number of aromatic nitrogens is 4. The van der Waals surface area contributed by atoms with E-state index in [2.05, 4.69) is 20.3 Å². The van der Waals surface area contributed by atoms with Crippen molar-refractivity contribution in [2.24, 2.45) is 36.6 Å². The van der Waals surface area contributed by atoms with Crippen LogP contribution in [-0.4, -0.2) is 26.1 Å². The van der Waals surface area contributed by atoms with Crippen LogP contribution in [0.5, 0.6) is 0 Å². The Morgan fingerprint density at radius 1 is 1.13 bits per heavy atom. The second-order valence-corrected chi connectivity index (χ2v) is 7.84. The molecule has 0 spiro atoms. The Labute approximate surface area is 134 Å². The van der Waals surface area contributed by atoms with Crippen molar-refractivity contribution < 1.29 is 4.39 Å². The first-order valence-electron chi connectivity index (χ1n) is 8.76. The molecule has 4 saturated carbocycles. The van der Waals surface area contributed by atoms with Crippen molar-refractivity contribution in [3.63, 3.8) is 0 Å². The normalized spacial score (nSPS) is 35.1. The van der Waals surface area contributed by atoms with Crippen LogP contribution in [-0.2, 0) is 7.05 Å². The maximum absolute atomic E-state index is 13.7. The number of anilines is 1. The van der Waals surface area contributed by atoms with Gasteiger partial charge < -0.3 is 9.88 Å². The number of fused-ring (bicyclic) bond motifs is 1. The van der Waals surface area contributed by atoms with Crippen LogP contribution in [0.25, 0.3) is 11.2 Å². The molecule has 4 fully saturated rings. The van der Waals surface area contributed by atoms with E-state index in [4.69, 9.17) is 0 Å². The lowest BCUT2D eigenvalue weighted by Crippen LogP contribution is -2.47. The maximum atomic E-state index is 13.7. The van der Waals surface area contributed by atoms with E-state index < -0.39 is 6.08 Å². The summed E-state index contributed by atoms with van der Waals surface area (Å²) in [5.74, 6) is 4.91. The fraction of sp³-hybridized carbons (Fsp3) is 0.706. The monoisotopic (exact) mass is 315 g/mol.